The van der Waals surface area contributed by atoms with Gasteiger partial charge in [0.15, 0.2) is 12.1 Å². The molecule has 3 rings (SSSR count). The van der Waals surface area contributed by atoms with Crippen LogP contribution in [0.5, 0.6) is 0 Å². The number of benzene rings is 1. The van der Waals surface area contributed by atoms with E-state index in [4.69, 9.17) is 5.73 Å². The summed E-state index contributed by atoms with van der Waals surface area (Å²) < 4.78 is 40.4. The Morgan fingerprint density at radius 2 is 1.97 bits per heavy atom. The number of alkyl halides is 3. The number of β-lactam (4-membered cyclic amide) rings is 1. The maximum Gasteiger partial charge on any atom is 0.412 e. The number of rotatable bonds is 5. The van der Waals surface area contributed by atoms with Crippen molar-refractivity contribution >= 4 is 23.7 Å². The van der Waals surface area contributed by atoms with Gasteiger partial charge in [0.2, 0.25) is 5.91 Å². The third-order valence-corrected chi connectivity index (χ3v) is 4.98. The maximum atomic E-state index is 13.5. The van der Waals surface area contributed by atoms with Crippen molar-refractivity contribution in [3.8, 4) is 0 Å². The highest BCUT2D eigenvalue weighted by molar-refractivity contribution is 6.07. The number of urea groups is 1. The second-order valence-electron chi connectivity index (χ2n) is 7.00. The fourth-order valence-electron chi connectivity index (χ4n) is 3.55. The summed E-state index contributed by atoms with van der Waals surface area (Å²) in [4.78, 5) is 40.9. The van der Waals surface area contributed by atoms with Crippen LogP contribution in [0.1, 0.15) is 24.4 Å². The Labute approximate surface area is 169 Å². The molecule has 1 fully saturated rings. The van der Waals surface area contributed by atoms with Crippen LogP contribution in [0.15, 0.2) is 47.0 Å². The Balaban J connectivity index is 1.77. The molecule has 2 aliphatic rings. The van der Waals surface area contributed by atoms with Crippen LogP contribution < -0.4 is 11.1 Å². The first-order valence-corrected chi connectivity index (χ1v) is 9.07. The Morgan fingerprint density at radius 3 is 2.53 bits per heavy atom. The number of dihydropyridines is 1. The number of carboxylic acids is 1. The number of amides is 3. The third kappa shape index (κ3) is 4.29. The van der Waals surface area contributed by atoms with Gasteiger partial charge < -0.3 is 16.2 Å². The highest BCUT2D eigenvalue weighted by Crippen LogP contribution is 2.36. The molecule has 8 nitrogen and oxygen atoms in total. The first kappa shape index (κ1) is 21.3. The monoisotopic (exact) mass is 424 g/mol. The lowest BCUT2D eigenvalue weighted by Gasteiger charge is -2.43. The van der Waals surface area contributed by atoms with Gasteiger partial charge in [-0.1, -0.05) is 35.9 Å². The molecule has 30 heavy (non-hydrogen) atoms. The molecule has 1 saturated heterocycles. The number of imide groups is 1. The lowest BCUT2D eigenvalue weighted by atomic mass is 9.81. The lowest BCUT2D eigenvalue weighted by Crippen LogP contribution is -2.68. The van der Waals surface area contributed by atoms with Crippen LogP contribution >= 0.6 is 0 Å². The summed E-state index contributed by atoms with van der Waals surface area (Å²) in [6.45, 7) is 0.394. The smallest absolute Gasteiger partial charge is 0.412 e. The van der Waals surface area contributed by atoms with Gasteiger partial charge in [0, 0.05) is 6.54 Å². The van der Waals surface area contributed by atoms with Crippen LogP contribution in [0, 0.1) is 5.92 Å². The van der Waals surface area contributed by atoms with Gasteiger partial charge in [-0.15, -0.1) is 0 Å². The molecule has 0 aliphatic carbocycles. The van der Waals surface area contributed by atoms with E-state index in [2.05, 4.69) is 4.99 Å². The van der Waals surface area contributed by atoms with E-state index in [1.165, 1.54) is 36.4 Å². The highest BCUT2D eigenvalue weighted by Gasteiger charge is 2.56. The first-order chi connectivity index (χ1) is 14.1. The molecule has 4 N–H and O–H groups in total. The number of hydrogen-bond acceptors (Lipinski definition) is 5. The average Bonchev–Trinajstić information content (AvgIpc) is 2.67. The van der Waals surface area contributed by atoms with Crippen molar-refractivity contribution in [2.75, 3.05) is 6.54 Å². The predicted octanol–water partition coefficient (Wildman–Crippen LogP) is 1.99. The van der Waals surface area contributed by atoms with Gasteiger partial charge in [-0.2, -0.15) is 13.2 Å². The maximum absolute atomic E-state index is 13.5. The van der Waals surface area contributed by atoms with E-state index in [0.29, 0.717) is 23.4 Å². The predicted molar refractivity (Wildman–Crippen MR) is 99.3 cm³/mol. The van der Waals surface area contributed by atoms with E-state index in [0.717, 1.165) is 0 Å². The number of aliphatic carboxylic acids is 1. The first-order valence-electron chi connectivity index (χ1n) is 9.07. The molecule has 1 aromatic carbocycles. The van der Waals surface area contributed by atoms with Crippen molar-refractivity contribution in [3.05, 3.63) is 47.5 Å². The van der Waals surface area contributed by atoms with Crippen LogP contribution in [-0.4, -0.2) is 52.5 Å². The zero-order valence-corrected chi connectivity index (χ0v) is 15.6. The van der Waals surface area contributed by atoms with Gasteiger partial charge in [-0.3, -0.25) is 9.79 Å². The number of hydrogen-bond donors (Lipinski definition) is 3. The molecule has 3 atom stereocenters. The second kappa shape index (κ2) is 8.17. The van der Waals surface area contributed by atoms with Gasteiger partial charge in [0.25, 0.3) is 0 Å². The van der Waals surface area contributed by atoms with Crippen LogP contribution in [0.25, 0.3) is 0 Å². The average molecular weight is 424 g/mol. The van der Waals surface area contributed by atoms with E-state index in [9.17, 15) is 32.7 Å². The number of likely N-dealkylation sites (tertiary alicyclic amines) is 1. The number of nitrogens with two attached hydrogens (primary N) is 1. The zero-order valence-electron chi connectivity index (χ0n) is 15.6. The molecular formula is C19H19F3N4O4. The van der Waals surface area contributed by atoms with Gasteiger partial charge in [-0.05, 0) is 24.5 Å². The molecule has 0 aromatic heterocycles. The van der Waals surface area contributed by atoms with E-state index >= 15 is 0 Å². The number of nitrogens with one attached hydrogen (secondary N) is 1. The summed E-state index contributed by atoms with van der Waals surface area (Å²) in [7, 11) is 0. The summed E-state index contributed by atoms with van der Waals surface area (Å²) in [5.74, 6) is -3.14. The number of nitrogens with zero attached hydrogens (tertiary/aromatic N) is 2. The van der Waals surface area contributed by atoms with Gasteiger partial charge >= 0.3 is 18.2 Å². The van der Waals surface area contributed by atoms with Crippen LogP contribution in [0.2, 0.25) is 0 Å². The fourth-order valence-corrected chi connectivity index (χ4v) is 3.55. The van der Waals surface area contributed by atoms with Crippen LogP contribution in [0.4, 0.5) is 18.0 Å². The molecule has 0 spiro atoms. The summed E-state index contributed by atoms with van der Waals surface area (Å²) >= 11 is 0. The highest BCUT2D eigenvalue weighted by atomic mass is 19.4. The Kier molecular flexibility index (Phi) is 5.81. The third-order valence-electron chi connectivity index (χ3n) is 4.98. The van der Waals surface area contributed by atoms with Crippen molar-refractivity contribution < 1.29 is 32.7 Å². The van der Waals surface area contributed by atoms with Crippen molar-refractivity contribution in [3.63, 3.8) is 0 Å². The number of carboxylic acid groups (broad SMARTS) is 1. The second-order valence-corrected chi connectivity index (χ2v) is 7.00. The quantitative estimate of drug-likeness (QED) is 0.624. The summed E-state index contributed by atoms with van der Waals surface area (Å²) in [6, 6.07) is 1.25. The van der Waals surface area contributed by atoms with Crippen LogP contribution in [-0.2, 0) is 9.59 Å². The number of amidine groups is 1. The van der Waals surface area contributed by atoms with Crippen molar-refractivity contribution in [2.45, 2.75) is 31.1 Å². The summed E-state index contributed by atoms with van der Waals surface area (Å²) in [5.41, 5.74) is 6.07. The van der Waals surface area contributed by atoms with Gasteiger partial charge in [0.1, 0.15) is 5.84 Å². The molecule has 3 amide bonds. The minimum absolute atomic E-state index is 0.0389. The van der Waals surface area contributed by atoms with E-state index in [1.807, 2.05) is 0 Å². The van der Waals surface area contributed by atoms with Crippen molar-refractivity contribution in [1.82, 2.24) is 10.2 Å². The normalized spacial score (nSPS) is 22.5. The fraction of sp³-hybridized carbons (Fsp3) is 0.368. The van der Waals surface area contributed by atoms with E-state index in [1.54, 1.807) is 5.32 Å². The molecule has 0 radical (unpaired) electrons. The summed E-state index contributed by atoms with van der Waals surface area (Å²) in [5, 5.41) is 11.2. The molecule has 11 heteroatoms. The minimum atomic E-state index is -4.84. The molecule has 160 valence electrons. The molecule has 2 heterocycles. The van der Waals surface area contributed by atoms with E-state index < -0.39 is 42.1 Å². The van der Waals surface area contributed by atoms with Crippen molar-refractivity contribution in [2.24, 2.45) is 16.6 Å². The Morgan fingerprint density at radius 1 is 1.30 bits per heavy atom. The minimum Gasteiger partial charge on any atom is -0.480 e. The molecule has 0 bridgehead atoms. The van der Waals surface area contributed by atoms with E-state index in [-0.39, 0.29) is 17.8 Å². The lowest BCUT2D eigenvalue weighted by molar-refractivity contribution is -0.168. The number of halogens is 3. The molecule has 1 aromatic rings. The number of aliphatic imine (C=N–C) groups is 1. The van der Waals surface area contributed by atoms with Gasteiger partial charge in [0.05, 0.1) is 5.92 Å². The number of carbonyl (C=O) groups excluding carboxylic acids is 2. The topological polar surface area (TPSA) is 125 Å². The largest absolute Gasteiger partial charge is 0.480 e. The molecule has 3 unspecified atom stereocenters. The Bertz CT molecular complexity index is 914. The van der Waals surface area contributed by atoms with Crippen LogP contribution in [0.3, 0.4) is 0 Å². The summed E-state index contributed by atoms with van der Waals surface area (Å²) in [6.07, 6.45) is -2.79. The SMILES string of the molecule is NC1=NCCC(CC2C(=O)N(C(=O)NC(c3ccccc3)C(F)(F)F)C2C(=O)O)=C1. The van der Waals surface area contributed by atoms with Crippen molar-refractivity contribution in [1.29, 1.82) is 0 Å². The molecular weight excluding hydrogens is 405 g/mol. The molecule has 2 aliphatic heterocycles. The standard InChI is InChI=1S/C19H19F3N4O4/c20-19(21,22)15(11-4-2-1-3-5-11)25-18(30)26-14(17(28)29)12(16(26)27)8-10-6-7-24-13(23)9-10/h1-5,9,12,14-15H,6-8H2,(H2,23,24)(H,25,30)(H,28,29). The number of carbonyl (C=O) groups is 3. The zero-order chi connectivity index (χ0) is 22.1. The van der Waals surface area contributed by atoms with Gasteiger partial charge in [-0.25, -0.2) is 14.5 Å². The Hall–Kier alpha value is -3.37. The molecule has 0 saturated carbocycles.